The van der Waals surface area contributed by atoms with Gasteiger partial charge in [-0.15, -0.1) is 0 Å². The van der Waals surface area contributed by atoms with Gasteiger partial charge in [0.2, 0.25) is 0 Å². The van der Waals surface area contributed by atoms with E-state index in [0.717, 1.165) is 0 Å². The second-order valence-electron chi connectivity index (χ2n) is 4.11. The Morgan fingerprint density at radius 3 is 2.72 bits per heavy atom. The topological polar surface area (TPSA) is 44.1 Å². The number of nitrogens with zero attached hydrogens (tertiary/aromatic N) is 2. The number of halogens is 1. The van der Waals surface area contributed by atoms with Crippen LogP contribution in [0, 0.1) is 12.7 Å². The Hall–Kier alpha value is -2.17. The van der Waals surface area contributed by atoms with Gasteiger partial charge < -0.3 is 4.74 Å². The van der Waals surface area contributed by atoms with Crippen LogP contribution in [0.15, 0.2) is 24.5 Å². The number of rotatable bonds is 3. The van der Waals surface area contributed by atoms with Gasteiger partial charge in [0.1, 0.15) is 11.6 Å². The van der Waals surface area contributed by atoms with Gasteiger partial charge in [0.15, 0.2) is 11.5 Å². The fraction of sp³-hybridized carbons (Fsp3) is 0.231. The Morgan fingerprint density at radius 2 is 2.17 bits per heavy atom. The number of ether oxygens (including phenoxy) is 1. The second kappa shape index (κ2) is 4.60. The van der Waals surface area contributed by atoms with Gasteiger partial charge in [0.25, 0.3) is 0 Å². The first kappa shape index (κ1) is 12.3. The summed E-state index contributed by atoms with van der Waals surface area (Å²) in [5.41, 5.74) is 0.654. The Balaban J connectivity index is 2.42. The van der Waals surface area contributed by atoms with Gasteiger partial charge >= 0.3 is 0 Å². The molecule has 1 aromatic heterocycles. The number of hydrogen-bond acceptors (Lipinski definition) is 3. The van der Waals surface area contributed by atoms with E-state index in [-0.39, 0.29) is 11.3 Å². The summed E-state index contributed by atoms with van der Waals surface area (Å²) in [4.78, 5) is 11.5. The van der Waals surface area contributed by atoms with Crippen LogP contribution in [0.3, 0.4) is 0 Å². The predicted molar refractivity (Wildman–Crippen MR) is 64.4 cm³/mol. The van der Waals surface area contributed by atoms with Crippen molar-refractivity contribution in [2.75, 3.05) is 0 Å². The van der Waals surface area contributed by atoms with Gasteiger partial charge in [-0.1, -0.05) is 0 Å². The van der Waals surface area contributed by atoms with Crippen molar-refractivity contribution in [2.24, 2.45) is 7.05 Å². The van der Waals surface area contributed by atoms with Crippen LogP contribution in [-0.4, -0.2) is 15.6 Å². The van der Waals surface area contributed by atoms with Crippen molar-refractivity contribution in [2.45, 2.75) is 13.8 Å². The number of aromatic nitrogens is 2. The largest absolute Gasteiger partial charge is 0.453 e. The molecule has 2 rings (SSSR count). The fourth-order valence-electron chi connectivity index (χ4n) is 1.59. The van der Waals surface area contributed by atoms with E-state index in [1.807, 2.05) is 0 Å². The Kier molecular flexibility index (Phi) is 3.14. The molecule has 4 nitrogen and oxygen atoms in total. The van der Waals surface area contributed by atoms with E-state index in [0.29, 0.717) is 17.1 Å². The third kappa shape index (κ3) is 2.40. The molecule has 5 heteroatoms. The number of hydrogen-bond donors (Lipinski definition) is 0. The van der Waals surface area contributed by atoms with Crippen molar-refractivity contribution < 1.29 is 13.9 Å². The average Bonchev–Trinajstić information content (AvgIpc) is 2.68. The number of Topliss-reactive ketones (excluding diaryl/α,β-unsaturated/α-hetero) is 1. The standard InChI is InChI=1S/C13H13FN2O2/c1-8-4-13(11(9(2)17)5-12(8)14)18-10-6-15-16(3)7-10/h4-7H,1-3H3. The lowest BCUT2D eigenvalue weighted by molar-refractivity contribution is 0.101. The highest BCUT2D eigenvalue weighted by molar-refractivity contribution is 5.97. The van der Waals surface area contributed by atoms with E-state index in [1.165, 1.54) is 25.3 Å². The molecule has 0 bridgehead atoms. The van der Waals surface area contributed by atoms with E-state index >= 15 is 0 Å². The number of ketones is 1. The summed E-state index contributed by atoms with van der Waals surface area (Å²) in [5.74, 6) is 0.187. The van der Waals surface area contributed by atoms with Gasteiger partial charge in [0.05, 0.1) is 18.0 Å². The van der Waals surface area contributed by atoms with E-state index in [2.05, 4.69) is 5.10 Å². The molecule has 0 saturated carbocycles. The zero-order chi connectivity index (χ0) is 13.3. The van der Waals surface area contributed by atoms with E-state index in [1.54, 1.807) is 24.9 Å². The van der Waals surface area contributed by atoms with E-state index in [9.17, 15) is 9.18 Å². The first-order valence-corrected chi connectivity index (χ1v) is 5.45. The summed E-state index contributed by atoms with van der Waals surface area (Å²) in [6.45, 7) is 3.00. The molecule has 0 spiro atoms. The fourth-order valence-corrected chi connectivity index (χ4v) is 1.59. The van der Waals surface area contributed by atoms with Crippen LogP contribution in [0.4, 0.5) is 4.39 Å². The molecule has 0 aliphatic heterocycles. The van der Waals surface area contributed by atoms with Gasteiger partial charge in [-0.05, 0) is 31.5 Å². The van der Waals surface area contributed by atoms with Crippen LogP contribution in [0.1, 0.15) is 22.8 Å². The molecule has 1 aromatic carbocycles. The summed E-state index contributed by atoms with van der Waals surface area (Å²) in [5, 5.41) is 3.96. The van der Waals surface area contributed by atoms with Crippen LogP contribution in [0.25, 0.3) is 0 Å². The third-order valence-corrected chi connectivity index (χ3v) is 2.55. The third-order valence-electron chi connectivity index (χ3n) is 2.55. The molecule has 0 aliphatic rings. The summed E-state index contributed by atoms with van der Waals surface area (Å²) in [6.07, 6.45) is 3.20. The van der Waals surface area contributed by atoms with Crippen molar-refractivity contribution in [3.8, 4) is 11.5 Å². The minimum atomic E-state index is -0.418. The molecule has 0 fully saturated rings. The quantitative estimate of drug-likeness (QED) is 0.784. The molecule has 1 heterocycles. The van der Waals surface area contributed by atoms with E-state index in [4.69, 9.17) is 4.74 Å². The maximum Gasteiger partial charge on any atom is 0.165 e. The first-order chi connectivity index (χ1) is 8.47. The molecule has 94 valence electrons. The molecule has 0 unspecified atom stereocenters. The zero-order valence-corrected chi connectivity index (χ0v) is 10.4. The van der Waals surface area contributed by atoms with Crippen LogP contribution >= 0.6 is 0 Å². The molecule has 2 aromatic rings. The predicted octanol–water partition coefficient (Wildman–Crippen LogP) is 2.86. The smallest absolute Gasteiger partial charge is 0.165 e. The highest BCUT2D eigenvalue weighted by Crippen LogP contribution is 2.28. The lowest BCUT2D eigenvalue weighted by Crippen LogP contribution is -1.99. The monoisotopic (exact) mass is 248 g/mol. The number of benzene rings is 1. The van der Waals surface area contributed by atoms with Gasteiger partial charge in [-0.25, -0.2) is 4.39 Å². The molecule has 0 saturated heterocycles. The Bertz CT molecular complexity index is 605. The van der Waals surface area contributed by atoms with Gasteiger partial charge in [0, 0.05) is 7.05 Å². The minimum absolute atomic E-state index is 0.224. The molecule has 0 atom stereocenters. The molecule has 0 N–H and O–H groups in total. The lowest BCUT2D eigenvalue weighted by Gasteiger charge is -2.09. The SMILES string of the molecule is CC(=O)c1cc(F)c(C)cc1Oc1cnn(C)c1. The van der Waals surface area contributed by atoms with Crippen molar-refractivity contribution >= 4 is 5.78 Å². The molecular formula is C13H13FN2O2. The molecule has 18 heavy (non-hydrogen) atoms. The minimum Gasteiger partial charge on any atom is -0.453 e. The maximum absolute atomic E-state index is 13.4. The van der Waals surface area contributed by atoms with Crippen LogP contribution in [0.5, 0.6) is 11.5 Å². The Labute approximate surface area is 104 Å². The highest BCUT2D eigenvalue weighted by Gasteiger charge is 2.13. The summed E-state index contributed by atoms with van der Waals surface area (Å²) in [6, 6.07) is 2.71. The van der Waals surface area contributed by atoms with Crippen molar-refractivity contribution in [3.05, 3.63) is 41.5 Å². The van der Waals surface area contributed by atoms with E-state index < -0.39 is 5.82 Å². The van der Waals surface area contributed by atoms with Gasteiger partial charge in [-0.3, -0.25) is 9.48 Å². The summed E-state index contributed by atoms with van der Waals surface area (Å²) >= 11 is 0. The number of aryl methyl sites for hydroxylation is 2. The molecular weight excluding hydrogens is 235 g/mol. The maximum atomic E-state index is 13.4. The van der Waals surface area contributed by atoms with Crippen molar-refractivity contribution in [3.63, 3.8) is 0 Å². The molecule has 0 amide bonds. The van der Waals surface area contributed by atoms with Gasteiger partial charge in [-0.2, -0.15) is 5.10 Å². The summed E-state index contributed by atoms with van der Waals surface area (Å²) in [7, 11) is 1.76. The average molecular weight is 248 g/mol. The first-order valence-electron chi connectivity index (χ1n) is 5.45. The van der Waals surface area contributed by atoms with Crippen LogP contribution in [-0.2, 0) is 7.05 Å². The number of carbonyl (C=O) groups is 1. The normalized spacial score (nSPS) is 10.4. The van der Waals surface area contributed by atoms with Crippen molar-refractivity contribution in [1.29, 1.82) is 0 Å². The Morgan fingerprint density at radius 1 is 1.44 bits per heavy atom. The molecule has 0 aliphatic carbocycles. The highest BCUT2D eigenvalue weighted by atomic mass is 19.1. The second-order valence-corrected chi connectivity index (χ2v) is 4.11. The lowest BCUT2D eigenvalue weighted by atomic mass is 10.1. The number of carbonyl (C=O) groups excluding carboxylic acids is 1. The van der Waals surface area contributed by atoms with Crippen molar-refractivity contribution in [1.82, 2.24) is 9.78 Å². The summed E-state index contributed by atoms with van der Waals surface area (Å²) < 4.78 is 20.6. The van der Waals surface area contributed by atoms with Crippen LogP contribution < -0.4 is 4.74 Å². The zero-order valence-electron chi connectivity index (χ0n) is 10.4. The molecule has 0 radical (unpaired) electrons. The van der Waals surface area contributed by atoms with Crippen LogP contribution in [0.2, 0.25) is 0 Å².